The summed E-state index contributed by atoms with van der Waals surface area (Å²) in [6.07, 6.45) is 4.47. The molecule has 2 aromatic heterocycles. The number of fused-ring (bicyclic) bond motifs is 1. The number of hydrogen-bond acceptors (Lipinski definition) is 6. The number of anilines is 1. The van der Waals surface area contributed by atoms with Crippen LogP contribution in [0.4, 0.5) is 5.82 Å². The normalized spacial score (nSPS) is 15.3. The lowest BCUT2D eigenvalue weighted by Gasteiger charge is -2.32. The standard InChI is InChI=1S/C29H29ClN6O3/c1-4-25(38)35-14-6-9-23(16-35)36-29-26(28(31-18-32-29)34(3)19(2)37)27(33-36)21-10-12-24(13-11-21)39-17-20-7-5-8-22(30)15-20/h4-5,7-8,10-13,15,18,23H,1,6,9,14,16-17H2,2-3H3. The molecule has 3 heterocycles. The highest BCUT2D eigenvalue weighted by atomic mass is 35.5. The predicted molar refractivity (Wildman–Crippen MR) is 151 cm³/mol. The number of halogens is 1. The average Bonchev–Trinajstić information content (AvgIpc) is 3.35. The van der Waals surface area contributed by atoms with Crippen LogP contribution in [0.3, 0.4) is 0 Å². The Morgan fingerprint density at radius 1 is 1.21 bits per heavy atom. The number of rotatable bonds is 7. The van der Waals surface area contributed by atoms with Gasteiger partial charge in [0.1, 0.15) is 30.2 Å². The lowest BCUT2D eigenvalue weighted by molar-refractivity contribution is -0.127. The number of amides is 2. The van der Waals surface area contributed by atoms with Gasteiger partial charge in [0.15, 0.2) is 5.65 Å². The van der Waals surface area contributed by atoms with Crippen LogP contribution in [-0.4, -0.2) is 56.6 Å². The number of nitrogens with zero attached hydrogens (tertiary/aromatic N) is 6. The molecule has 39 heavy (non-hydrogen) atoms. The van der Waals surface area contributed by atoms with Gasteiger partial charge in [-0.25, -0.2) is 14.6 Å². The summed E-state index contributed by atoms with van der Waals surface area (Å²) < 4.78 is 7.83. The second-order valence-corrected chi connectivity index (χ2v) is 9.93. The van der Waals surface area contributed by atoms with Gasteiger partial charge < -0.3 is 9.64 Å². The molecule has 5 rings (SSSR count). The molecular formula is C29H29ClN6O3. The van der Waals surface area contributed by atoms with Crippen LogP contribution in [0.2, 0.25) is 5.02 Å². The Morgan fingerprint density at radius 3 is 2.72 bits per heavy atom. The summed E-state index contributed by atoms with van der Waals surface area (Å²) in [5.41, 5.74) is 3.07. The molecule has 0 aliphatic carbocycles. The van der Waals surface area contributed by atoms with E-state index in [9.17, 15) is 9.59 Å². The van der Waals surface area contributed by atoms with Gasteiger partial charge in [-0.1, -0.05) is 30.3 Å². The Hall–Kier alpha value is -4.24. The largest absolute Gasteiger partial charge is 0.489 e. The van der Waals surface area contributed by atoms with Gasteiger partial charge in [-0.15, -0.1) is 0 Å². The second kappa shape index (κ2) is 11.2. The van der Waals surface area contributed by atoms with E-state index in [2.05, 4.69) is 16.5 Å². The third kappa shape index (κ3) is 5.49. The molecule has 1 aliphatic heterocycles. The zero-order valence-electron chi connectivity index (χ0n) is 21.9. The molecule has 0 bridgehead atoms. The second-order valence-electron chi connectivity index (χ2n) is 9.49. The lowest BCUT2D eigenvalue weighted by atomic mass is 10.1. The van der Waals surface area contributed by atoms with Crippen molar-refractivity contribution in [1.82, 2.24) is 24.6 Å². The van der Waals surface area contributed by atoms with E-state index in [1.54, 1.807) is 11.9 Å². The van der Waals surface area contributed by atoms with Gasteiger partial charge in [-0.05, 0) is 60.9 Å². The van der Waals surface area contributed by atoms with E-state index in [0.29, 0.717) is 53.0 Å². The minimum atomic E-state index is -0.154. The number of carbonyl (C=O) groups is 2. The fraction of sp³-hybridized carbons (Fsp3) is 0.276. The summed E-state index contributed by atoms with van der Waals surface area (Å²) in [7, 11) is 1.68. The number of piperidine rings is 1. The van der Waals surface area contributed by atoms with Crippen molar-refractivity contribution in [2.45, 2.75) is 32.4 Å². The molecule has 10 heteroatoms. The Kier molecular flexibility index (Phi) is 7.60. The summed E-state index contributed by atoms with van der Waals surface area (Å²) in [5, 5.41) is 6.34. The summed E-state index contributed by atoms with van der Waals surface area (Å²) in [6.45, 7) is 6.68. The molecule has 0 N–H and O–H groups in total. The Labute approximate surface area is 231 Å². The van der Waals surface area contributed by atoms with Crippen LogP contribution in [0.25, 0.3) is 22.3 Å². The van der Waals surface area contributed by atoms with Crippen molar-refractivity contribution in [2.75, 3.05) is 25.0 Å². The predicted octanol–water partition coefficient (Wildman–Crippen LogP) is 5.06. The zero-order chi connectivity index (χ0) is 27.5. The van der Waals surface area contributed by atoms with E-state index in [0.717, 1.165) is 24.0 Å². The smallest absolute Gasteiger partial charge is 0.246 e. The average molecular weight is 545 g/mol. The first-order chi connectivity index (χ1) is 18.9. The number of ether oxygens (including phenoxy) is 1. The molecule has 1 aliphatic rings. The van der Waals surface area contributed by atoms with Gasteiger partial charge >= 0.3 is 0 Å². The van der Waals surface area contributed by atoms with Crippen LogP contribution < -0.4 is 9.64 Å². The van der Waals surface area contributed by atoms with Crippen molar-refractivity contribution in [1.29, 1.82) is 0 Å². The summed E-state index contributed by atoms with van der Waals surface area (Å²) in [5.74, 6) is 0.922. The first-order valence-electron chi connectivity index (χ1n) is 12.7. The van der Waals surface area contributed by atoms with Crippen molar-refractivity contribution >= 4 is 40.3 Å². The van der Waals surface area contributed by atoms with Crippen molar-refractivity contribution in [3.8, 4) is 17.0 Å². The van der Waals surface area contributed by atoms with E-state index < -0.39 is 0 Å². The molecule has 1 atom stereocenters. The van der Waals surface area contributed by atoms with E-state index in [4.69, 9.17) is 21.4 Å². The number of likely N-dealkylation sites (tertiary alicyclic amines) is 1. The lowest BCUT2D eigenvalue weighted by Crippen LogP contribution is -2.40. The van der Waals surface area contributed by atoms with Crippen LogP contribution in [0.15, 0.2) is 67.5 Å². The summed E-state index contributed by atoms with van der Waals surface area (Å²) in [6, 6.07) is 15.1. The van der Waals surface area contributed by atoms with Gasteiger partial charge in [0.2, 0.25) is 11.8 Å². The molecule has 0 spiro atoms. The quantitative estimate of drug-likeness (QED) is 0.302. The van der Waals surface area contributed by atoms with Crippen LogP contribution >= 0.6 is 11.6 Å². The molecule has 1 fully saturated rings. The molecule has 1 saturated heterocycles. The number of carbonyl (C=O) groups excluding carboxylic acids is 2. The fourth-order valence-electron chi connectivity index (χ4n) is 4.80. The van der Waals surface area contributed by atoms with Crippen molar-refractivity contribution < 1.29 is 14.3 Å². The highest BCUT2D eigenvalue weighted by molar-refractivity contribution is 6.30. The van der Waals surface area contributed by atoms with E-state index in [-0.39, 0.29) is 17.9 Å². The molecule has 0 radical (unpaired) electrons. The molecule has 2 amide bonds. The fourth-order valence-corrected chi connectivity index (χ4v) is 5.02. The van der Waals surface area contributed by atoms with Crippen LogP contribution in [0.5, 0.6) is 5.75 Å². The minimum Gasteiger partial charge on any atom is -0.489 e. The number of benzene rings is 2. The van der Waals surface area contributed by atoms with Gasteiger partial charge in [0, 0.05) is 37.6 Å². The zero-order valence-corrected chi connectivity index (χ0v) is 22.6. The van der Waals surface area contributed by atoms with Crippen molar-refractivity contribution in [3.63, 3.8) is 0 Å². The molecule has 4 aromatic rings. The SMILES string of the molecule is C=CC(=O)N1CCCC(n2nc(-c3ccc(OCc4cccc(Cl)c4)cc3)c3c(N(C)C(C)=O)ncnc32)C1. The highest BCUT2D eigenvalue weighted by Gasteiger charge is 2.29. The maximum absolute atomic E-state index is 12.3. The maximum atomic E-state index is 12.3. The maximum Gasteiger partial charge on any atom is 0.246 e. The van der Waals surface area contributed by atoms with E-state index in [1.807, 2.05) is 53.2 Å². The van der Waals surface area contributed by atoms with E-state index in [1.165, 1.54) is 24.2 Å². The van der Waals surface area contributed by atoms with Crippen molar-refractivity contribution in [2.24, 2.45) is 0 Å². The molecular weight excluding hydrogens is 516 g/mol. The highest BCUT2D eigenvalue weighted by Crippen LogP contribution is 2.36. The topological polar surface area (TPSA) is 93.5 Å². The van der Waals surface area contributed by atoms with Crippen molar-refractivity contribution in [3.05, 3.63) is 78.1 Å². The Bertz CT molecular complexity index is 1530. The van der Waals surface area contributed by atoms with Crippen LogP contribution in [0.1, 0.15) is 31.4 Å². The van der Waals surface area contributed by atoms with Gasteiger partial charge in [0.05, 0.1) is 11.4 Å². The number of hydrogen-bond donors (Lipinski definition) is 0. The van der Waals surface area contributed by atoms with Gasteiger partial charge in [-0.2, -0.15) is 5.10 Å². The first-order valence-corrected chi connectivity index (χ1v) is 13.1. The summed E-state index contributed by atoms with van der Waals surface area (Å²) >= 11 is 6.08. The molecule has 200 valence electrons. The van der Waals surface area contributed by atoms with Crippen LogP contribution in [0, 0.1) is 0 Å². The Morgan fingerprint density at radius 2 is 2.00 bits per heavy atom. The third-order valence-corrected chi connectivity index (χ3v) is 7.14. The minimum absolute atomic E-state index is 0.0791. The van der Waals surface area contributed by atoms with Crippen LogP contribution in [-0.2, 0) is 16.2 Å². The molecule has 1 unspecified atom stereocenters. The van der Waals surface area contributed by atoms with E-state index >= 15 is 0 Å². The van der Waals surface area contributed by atoms with Gasteiger partial charge in [-0.3, -0.25) is 14.5 Å². The molecule has 9 nitrogen and oxygen atoms in total. The molecule has 2 aromatic carbocycles. The molecule has 0 saturated carbocycles. The third-order valence-electron chi connectivity index (χ3n) is 6.91. The first kappa shape index (κ1) is 26.4. The Balaban J connectivity index is 1.52. The van der Waals surface area contributed by atoms with Gasteiger partial charge in [0.25, 0.3) is 0 Å². The monoisotopic (exact) mass is 544 g/mol. The number of aromatic nitrogens is 4. The summed E-state index contributed by atoms with van der Waals surface area (Å²) in [4.78, 5) is 36.9.